The van der Waals surface area contributed by atoms with Crippen LogP contribution in [0.4, 0.5) is 0 Å². The maximum Gasteiger partial charge on any atom is 0.254 e. The van der Waals surface area contributed by atoms with Gasteiger partial charge in [0.2, 0.25) is 5.91 Å². The van der Waals surface area contributed by atoms with Crippen LogP contribution in [0.15, 0.2) is 59.5 Å². The molecule has 0 spiro atoms. The van der Waals surface area contributed by atoms with Gasteiger partial charge in [-0.1, -0.05) is 29.8 Å². The van der Waals surface area contributed by atoms with Gasteiger partial charge in [0, 0.05) is 11.2 Å². The lowest BCUT2D eigenvalue weighted by molar-refractivity contribution is -0.120. The number of aromatic nitrogens is 2. The summed E-state index contributed by atoms with van der Waals surface area (Å²) in [5, 5.41) is 10.0. The van der Waals surface area contributed by atoms with Crippen molar-refractivity contribution in [1.29, 1.82) is 0 Å². The second kappa shape index (κ2) is 8.35. The van der Waals surface area contributed by atoms with Crippen LogP contribution >= 0.6 is 11.6 Å². The van der Waals surface area contributed by atoms with Crippen molar-refractivity contribution < 1.29 is 14.0 Å². The number of furan rings is 1. The van der Waals surface area contributed by atoms with Crippen molar-refractivity contribution in [3.63, 3.8) is 0 Å². The van der Waals surface area contributed by atoms with Crippen molar-refractivity contribution in [2.45, 2.75) is 13.1 Å². The van der Waals surface area contributed by atoms with Gasteiger partial charge in [-0.05, 0) is 23.8 Å². The molecular weight excluding hydrogens is 356 g/mol. The molecule has 2 aromatic heterocycles. The third-order valence-corrected chi connectivity index (χ3v) is 4.00. The molecule has 134 valence electrons. The third kappa shape index (κ3) is 4.73. The van der Waals surface area contributed by atoms with Gasteiger partial charge in [0.15, 0.2) is 0 Å². The first kappa shape index (κ1) is 17.8. The van der Waals surface area contributed by atoms with Gasteiger partial charge in [-0.3, -0.25) is 14.3 Å². The molecule has 0 saturated heterocycles. The Labute approximate surface area is 154 Å². The average Bonchev–Trinajstić information content (AvgIpc) is 3.32. The van der Waals surface area contributed by atoms with Crippen molar-refractivity contribution in [2.24, 2.45) is 0 Å². The zero-order valence-corrected chi connectivity index (χ0v) is 14.6. The Morgan fingerprint density at radius 2 is 2.00 bits per heavy atom. The van der Waals surface area contributed by atoms with Crippen LogP contribution in [0.25, 0.3) is 0 Å². The Hall–Kier alpha value is -3.06. The van der Waals surface area contributed by atoms with Crippen LogP contribution in [0.3, 0.4) is 0 Å². The van der Waals surface area contributed by atoms with E-state index in [0.717, 1.165) is 5.56 Å². The smallest absolute Gasteiger partial charge is 0.254 e. The number of nitrogens with one attached hydrogen (secondary N) is 2. The third-order valence-electron chi connectivity index (χ3n) is 3.64. The topological polar surface area (TPSA) is 89.2 Å². The second-order valence-corrected chi connectivity index (χ2v) is 5.96. The van der Waals surface area contributed by atoms with E-state index in [4.69, 9.17) is 16.0 Å². The lowest BCUT2D eigenvalue weighted by Crippen LogP contribution is -2.36. The molecule has 0 radical (unpaired) electrons. The normalized spacial score (nSPS) is 10.5. The molecule has 0 aliphatic carbocycles. The number of nitrogens with zero attached hydrogens (tertiary/aromatic N) is 2. The Balaban J connectivity index is 1.48. The predicted octanol–water partition coefficient (Wildman–Crippen LogP) is 2.22. The van der Waals surface area contributed by atoms with Gasteiger partial charge in [0.1, 0.15) is 5.76 Å². The molecule has 1 aromatic carbocycles. The Morgan fingerprint density at radius 3 is 2.77 bits per heavy atom. The molecule has 7 nitrogen and oxygen atoms in total. The van der Waals surface area contributed by atoms with Crippen LogP contribution in [0.1, 0.15) is 21.7 Å². The van der Waals surface area contributed by atoms with Gasteiger partial charge in [-0.25, -0.2) is 0 Å². The largest absolute Gasteiger partial charge is 0.467 e. The maximum atomic E-state index is 12.1. The summed E-state index contributed by atoms with van der Waals surface area (Å²) in [5.41, 5.74) is 1.28. The van der Waals surface area contributed by atoms with E-state index >= 15 is 0 Å². The molecule has 0 fully saturated rings. The van der Waals surface area contributed by atoms with Crippen molar-refractivity contribution in [1.82, 2.24) is 20.4 Å². The summed E-state index contributed by atoms with van der Waals surface area (Å²) in [5.74, 6) is -0.0349. The lowest BCUT2D eigenvalue weighted by Gasteiger charge is -2.05. The molecule has 3 aromatic rings. The number of hydrogen-bond donors (Lipinski definition) is 2. The number of amides is 2. The molecular formula is C18H17ClN4O3. The zero-order chi connectivity index (χ0) is 18.4. The molecule has 2 N–H and O–H groups in total. The minimum atomic E-state index is -0.372. The Kier molecular flexibility index (Phi) is 5.70. The molecule has 0 saturated carbocycles. The Bertz CT molecular complexity index is 889. The van der Waals surface area contributed by atoms with Gasteiger partial charge in [-0.15, -0.1) is 0 Å². The van der Waals surface area contributed by atoms with Crippen LogP contribution in [0.5, 0.6) is 0 Å². The van der Waals surface area contributed by atoms with E-state index in [0.29, 0.717) is 22.9 Å². The SMILES string of the molecule is O=C(CNC(=O)c1cnn(Cc2ccccc2Cl)c1)NCc1ccco1. The summed E-state index contributed by atoms with van der Waals surface area (Å²) in [4.78, 5) is 23.9. The second-order valence-electron chi connectivity index (χ2n) is 5.56. The lowest BCUT2D eigenvalue weighted by atomic mass is 10.2. The molecule has 0 unspecified atom stereocenters. The van der Waals surface area contributed by atoms with Crippen molar-refractivity contribution >= 4 is 23.4 Å². The summed E-state index contributed by atoms with van der Waals surface area (Å²) in [7, 11) is 0. The number of carbonyl (C=O) groups excluding carboxylic acids is 2. The van der Waals surface area contributed by atoms with Gasteiger partial charge in [0.25, 0.3) is 5.91 Å². The molecule has 2 amide bonds. The van der Waals surface area contributed by atoms with Crippen molar-refractivity contribution in [3.8, 4) is 0 Å². The molecule has 0 aliphatic heterocycles. The first-order valence-electron chi connectivity index (χ1n) is 7.95. The molecule has 8 heteroatoms. The monoisotopic (exact) mass is 372 g/mol. The standard InChI is InChI=1S/C18H17ClN4O3/c19-16-6-2-1-4-13(16)11-23-12-14(8-22-23)18(25)21-10-17(24)20-9-15-5-3-7-26-15/h1-8,12H,9-11H2,(H,20,24)(H,21,25). The van der Waals surface area contributed by atoms with Crippen molar-refractivity contribution in [2.75, 3.05) is 6.54 Å². The van der Waals surface area contributed by atoms with Gasteiger partial charge in [0.05, 0.1) is 37.7 Å². The number of carbonyl (C=O) groups is 2. The molecule has 26 heavy (non-hydrogen) atoms. The number of halogens is 1. The van der Waals surface area contributed by atoms with Gasteiger partial charge < -0.3 is 15.1 Å². The molecule has 0 aliphatic rings. The fourth-order valence-corrected chi connectivity index (χ4v) is 2.49. The zero-order valence-electron chi connectivity index (χ0n) is 13.8. The van der Waals surface area contributed by atoms with E-state index in [-0.39, 0.29) is 24.9 Å². The molecule has 3 rings (SSSR count). The summed E-state index contributed by atoms with van der Waals surface area (Å²) in [6, 6.07) is 10.9. The van der Waals surface area contributed by atoms with Crippen LogP contribution in [-0.4, -0.2) is 28.1 Å². The highest BCUT2D eigenvalue weighted by Crippen LogP contribution is 2.16. The van der Waals surface area contributed by atoms with E-state index in [9.17, 15) is 9.59 Å². The summed E-state index contributed by atoms with van der Waals surface area (Å²) in [6.45, 7) is 0.600. The average molecular weight is 373 g/mol. The number of hydrogen-bond acceptors (Lipinski definition) is 4. The van der Waals surface area contributed by atoms with Crippen LogP contribution < -0.4 is 10.6 Å². The maximum absolute atomic E-state index is 12.1. The summed E-state index contributed by atoms with van der Waals surface area (Å²) < 4.78 is 6.73. The van der Waals surface area contributed by atoms with Crippen LogP contribution in [-0.2, 0) is 17.9 Å². The number of rotatable bonds is 7. The Morgan fingerprint density at radius 1 is 1.15 bits per heavy atom. The fourth-order valence-electron chi connectivity index (χ4n) is 2.29. The minimum Gasteiger partial charge on any atom is -0.467 e. The highest BCUT2D eigenvalue weighted by molar-refractivity contribution is 6.31. The first-order valence-corrected chi connectivity index (χ1v) is 8.33. The van der Waals surface area contributed by atoms with E-state index in [2.05, 4.69) is 15.7 Å². The van der Waals surface area contributed by atoms with E-state index in [1.807, 2.05) is 18.2 Å². The molecule has 0 atom stereocenters. The first-order chi connectivity index (χ1) is 12.6. The summed E-state index contributed by atoms with van der Waals surface area (Å²) in [6.07, 6.45) is 4.59. The summed E-state index contributed by atoms with van der Waals surface area (Å²) >= 11 is 6.12. The van der Waals surface area contributed by atoms with Crippen LogP contribution in [0.2, 0.25) is 5.02 Å². The minimum absolute atomic E-state index is 0.130. The van der Waals surface area contributed by atoms with Crippen LogP contribution in [0, 0.1) is 0 Å². The molecule has 0 bridgehead atoms. The quantitative estimate of drug-likeness (QED) is 0.665. The van der Waals surface area contributed by atoms with Gasteiger partial charge >= 0.3 is 0 Å². The van der Waals surface area contributed by atoms with E-state index in [1.54, 1.807) is 29.1 Å². The molecule has 2 heterocycles. The highest BCUT2D eigenvalue weighted by Gasteiger charge is 2.11. The van der Waals surface area contributed by atoms with Gasteiger partial charge in [-0.2, -0.15) is 5.10 Å². The number of benzene rings is 1. The predicted molar refractivity (Wildman–Crippen MR) is 95.7 cm³/mol. The van der Waals surface area contributed by atoms with Crippen molar-refractivity contribution in [3.05, 3.63) is 77.0 Å². The fraction of sp³-hybridized carbons (Fsp3) is 0.167. The van der Waals surface area contributed by atoms with E-state index < -0.39 is 0 Å². The highest BCUT2D eigenvalue weighted by atomic mass is 35.5. The van der Waals surface area contributed by atoms with E-state index in [1.165, 1.54) is 12.5 Å².